The van der Waals surface area contributed by atoms with Crippen molar-refractivity contribution < 1.29 is 34.0 Å². The predicted molar refractivity (Wildman–Crippen MR) is 98.9 cm³/mol. The van der Waals surface area contributed by atoms with Gasteiger partial charge in [0.15, 0.2) is 12.4 Å². The molecule has 0 radical (unpaired) electrons. The summed E-state index contributed by atoms with van der Waals surface area (Å²) in [4.78, 5) is 11.9. The van der Waals surface area contributed by atoms with Crippen LogP contribution in [0.4, 0.5) is 0 Å². The summed E-state index contributed by atoms with van der Waals surface area (Å²) < 4.78 is 21.6. The molecule has 0 bridgehead atoms. The van der Waals surface area contributed by atoms with Gasteiger partial charge in [0, 0.05) is 0 Å². The lowest BCUT2D eigenvalue weighted by molar-refractivity contribution is -0.301. The van der Waals surface area contributed by atoms with Crippen LogP contribution in [-0.2, 0) is 37.0 Å². The molecule has 0 saturated carbocycles. The smallest absolute Gasteiger partial charge is 0.337 e. The Morgan fingerprint density at radius 2 is 1.39 bits per heavy atom. The van der Waals surface area contributed by atoms with Crippen LogP contribution in [0.3, 0.4) is 0 Å². The number of carbonyl (C=O) groups excluding carboxylic acids is 1. The van der Waals surface area contributed by atoms with Crippen molar-refractivity contribution in [2.24, 2.45) is 0 Å². The van der Waals surface area contributed by atoms with E-state index in [4.69, 9.17) is 14.2 Å². The molecular weight excluding hydrogens is 364 g/mol. The third-order valence-corrected chi connectivity index (χ3v) is 4.54. The summed E-state index contributed by atoms with van der Waals surface area (Å²) in [7, 11) is 1.18. The van der Waals surface area contributed by atoms with Crippen molar-refractivity contribution in [3.63, 3.8) is 0 Å². The molecule has 1 heterocycles. The van der Waals surface area contributed by atoms with Crippen molar-refractivity contribution in [2.75, 3.05) is 7.11 Å². The number of methoxy groups -OCH3 is 1. The summed E-state index contributed by atoms with van der Waals surface area (Å²) in [5.74, 6) is -0.790. The zero-order chi connectivity index (χ0) is 19.9. The lowest BCUT2D eigenvalue weighted by Gasteiger charge is -2.41. The van der Waals surface area contributed by atoms with Crippen LogP contribution < -0.4 is 0 Å². The monoisotopic (exact) mass is 388 g/mol. The molecule has 2 aromatic rings. The van der Waals surface area contributed by atoms with E-state index in [1.807, 2.05) is 60.7 Å². The Kier molecular flexibility index (Phi) is 7.13. The molecule has 2 aromatic carbocycles. The molecule has 5 unspecified atom stereocenters. The fraction of sp³-hybridized carbons (Fsp3) is 0.381. The maximum atomic E-state index is 11.9. The van der Waals surface area contributed by atoms with Gasteiger partial charge in [0.1, 0.15) is 18.3 Å². The van der Waals surface area contributed by atoms with Gasteiger partial charge in [-0.05, 0) is 11.1 Å². The summed E-state index contributed by atoms with van der Waals surface area (Å²) in [6.45, 7) is 0.362. The van der Waals surface area contributed by atoms with Gasteiger partial charge in [0.25, 0.3) is 0 Å². The molecule has 0 aromatic heterocycles. The van der Waals surface area contributed by atoms with E-state index in [9.17, 15) is 15.0 Å². The quantitative estimate of drug-likeness (QED) is 0.693. The van der Waals surface area contributed by atoms with Gasteiger partial charge in [-0.1, -0.05) is 60.7 Å². The predicted octanol–water partition coefficient (Wildman–Crippen LogP) is 1.41. The van der Waals surface area contributed by atoms with E-state index in [2.05, 4.69) is 4.74 Å². The largest absolute Gasteiger partial charge is 0.467 e. The number of benzene rings is 2. The number of carbonyl (C=O) groups is 1. The first-order valence-corrected chi connectivity index (χ1v) is 9.00. The van der Waals surface area contributed by atoms with E-state index in [-0.39, 0.29) is 13.2 Å². The molecule has 1 aliphatic heterocycles. The number of rotatable bonds is 7. The Hall–Kier alpha value is -2.29. The highest BCUT2D eigenvalue weighted by Gasteiger charge is 2.49. The van der Waals surface area contributed by atoms with Crippen LogP contribution >= 0.6 is 0 Å². The molecule has 5 atom stereocenters. The maximum Gasteiger partial charge on any atom is 0.337 e. The van der Waals surface area contributed by atoms with Crippen LogP contribution in [0.5, 0.6) is 0 Å². The van der Waals surface area contributed by atoms with E-state index in [0.717, 1.165) is 11.1 Å². The number of hydrogen-bond donors (Lipinski definition) is 2. The topological polar surface area (TPSA) is 94.5 Å². The fourth-order valence-corrected chi connectivity index (χ4v) is 3.05. The van der Waals surface area contributed by atoms with Gasteiger partial charge in [-0.25, -0.2) is 4.79 Å². The van der Waals surface area contributed by atoms with Crippen molar-refractivity contribution in [3.8, 4) is 0 Å². The van der Waals surface area contributed by atoms with Gasteiger partial charge in [-0.2, -0.15) is 0 Å². The van der Waals surface area contributed by atoms with E-state index >= 15 is 0 Å². The van der Waals surface area contributed by atoms with E-state index in [1.165, 1.54) is 7.11 Å². The Balaban J connectivity index is 1.74. The number of aliphatic hydroxyl groups excluding tert-OH is 2. The Bertz CT molecular complexity index is 737. The normalized spacial score (nSPS) is 27.3. The highest BCUT2D eigenvalue weighted by atomic mass is 16.7. The fourth-order valence-electron chi connectivity index (χ4n) is 3.05. The molecular formula is C21H24O7. The zero-order valence-corrected chi connectivity index (χ0v) is 15.5. The molecule has 2 N–H and O–H groups in total. The summed E-state index contributed by atoms with van der Waals surface area (Å²) in [6, 6.07) is 18.8. The lowest BCUT2D eigenvalue weighted by Crippen LogP contribution is -2.61. The molecule has 1 fully saturated rings. The molecule has 28 heavy (non-hydrogen) atoms. The minimum Gasteiger partial charge on any atom is -0.467 e. The van der Waals surface area contributed by atoms with E-state index in [0.29, 0.717) is 0 Å². The molecule has 0 amide bonds. The maximum absolute atomic E-state index is 11.9. The van der Waals surface area contributed by atoms with Crippen LogP contribution in [0.15, 0.2) is 60.7 Å². The second kappa shape index (κ2) is 9.77. The van der Waals surface area contributed by atoms with Crippen molar-refractivity contribution in [1.29, 1.82) is 0 Å². The average molecular weight is 388 g/mol. The summed E-state index contributed by atoms with van der Waals surface area (Å²) >= 11 is 0. The molecule has 0 aliphatic carbocycles. The Morgan fingerprint density at radius 1 is 0.893 bits per heavy atom. The first-order valence-electron chi connectivity index (χ1n) is 9.00. The first kappa shape index (κ1) is 20.4. The van der Waals surface area contributed by atoms with Crippen LogP contribution in [0.1, 0.15) is 11.1 Å². The van der Waals surface area contributed by atoms with Crippen LogP contribution in [-0.4, -0.2) is 54.0 Å². The molecule has 1 saturated heterocycles. The second-order valence-electron chi connectivity index (χ2n) is 6.48. The standard InChI is InChI=1S/C21H24O7/c1-25-20(23)18-16(22)17(26-12-14-8-4-2-5-9-14)19(21(24)28-18)27-13-15-10-6-3-7-11-15/h2-11,16-19,21-22,24H,12-13H2,1H3. The number of aliphatic hydroxyl groups is 2. The van der Waals surface area contributed by atoms with Gasteiger partial charge >= 0.3 is 5.97 Å². The van der Waals surface area contributed by atoms with Crippen LogP contribution in [0, 0.1) is 0 Å². The van der Waals surface area contributed by atoms with Crippen molar-refractivity contribution in [2.45, 2.75) is 43.9 Å². The third kappa shape index (κ3) is 4.95. The summed E-state index contributed by atoms with van der Waals surface area (Å²) in [5.41, 5.74) is 1.77. The lowest BCUT2D eigenvalue weighted by atomic mass is 9.98. The zero-order valence-electron chi connectivity index (χ0n) is 15.5. The van der Waals surface area contributed by atoms with Crippen molar-refractivity contribution in [1.82, 2.24) is 0 Å². The minimum absolute atomic E-state index is 0.175. The first-order chi connectivity index (χ1) is 13.6. The number of ether oxygens (including phenoxy) is 4. The van der Waals surface area contributed by atoms with Crippen LogP contribution in [0.25, 0.3) is 0 Å². The molecule has 1 aliphatic rings. The number of hydrogen-bond acceptors (Lipinski definition) is 7. The summed E-state index contributed by atoms with van der Waals surface area (Å²) in [6.07, 6.45) is -6.16. The highest BCUT2D eigenvalue weighted by molar-refractivity contribution is 5.75. The number of esters is 1. The minimum atomic E-state index is -1.46. The van der Waals surface area contributed by atoms with E-state index < -0.39 is 36.7 Å². The summed E-state index contributed by atoms with van der Waals surface area (Å²) in [5, 5.41) is 21.1. The second-order valence-corrected chi connectivity index (χ2v) is 6.48. The van der Waals surface area contributed by atoms with Gasteiger partial charge in [0.2, 0.25) is 0 Å². The average Bonchev–Trinajstić information content (AvgIpc) is 2.74. The van der Waals surface area contributed by atoms with Crippen LogP contribution in [0.2, 0.25) is 0 Å². The van der Waals surface area contributed by atoms with Gasteiger partial charge < -0.3 is 29.2 Å². The molecule has 3 rings (SSSR count). The molecule has 0 spiro atoms. The Morgan fingerprint density at radius 3 is 1.89 bits per heavy atom. The van der Waals surface area contributed by atoms with Crippen molar-refractivity contribution >= 4 is 5.97 Å². The molecule has 150 valence electrons. The van der Waals surface area contributed by atoms with Crippen molar-refractivity contribution in [3.05, 3.63) is 71.8 Å². The van der Waals surface area contributed by atoms with Gasteiger partial charge in [-0.15, -0.1) is 0 Å². The van der Waals surface area contributed by atoms with E-state index in [1.54, 1.807) is 0 Å². The molecule has 7 nitrogen and oxygen atoms in total. The van der Waals surface area contributed by atoms with Gasteiger partial charge in [0.05, 0.1) is 20.3 Å². The third-order valence-electron chi connectivity index (χ3n) is 4.54. The Labute approximate surface area is 163 Å². The highest BCUT2D eigenvalue weighted by Crippen LogP contribution is 2.27. The van der Waals surface area contributed by atoms with Gasteiger partial charge in [-0.3, -0.25) is 0 Å². The molecule has 7 heteroatoms. The SMILES string of the molecule is COC(=O)C1OC(O)C(OCc2ccccc2)C(OCc2ccccc2)C1O.